The lowest BCUT2D eigenvalue weighted by molar-refractivity contribution is 0.195. The van der Waals surface area contributed by atoms with E-state index in [1.54, 1.807) is 6.07 Å². The Morgan fingerprint density at radius 2 is 1.94 bits per heavy atom. The fourth-order valence-corrected chi connectivity index (χ4v) is 1.55. The third-order valence-electron chi connectivity index (χ3n) is 2.27. The highest BCUT2D eigenvalue weighted by molar-refractivity contribution is 5.88. The summed E-state index contributed by atoms with van der Waals surface area (Å²) < 4.78 is 27.6. The topological polar surface area (TPSA) is 64.3 Å². The van der Waals surface area contributed by atoms with Gasteiger partial charge in [0.25, 0.3) is 0 Å². The van der Waals surface area contributed by atoms with Gasteiger partial charge in [0.05, 0.1) is 5.56 Å². The molecule has 0 bridgehead atoms. The summed E-state index contributed by atoms with van der Waals surface area (Å²) in [4.78, 5) is 11.7. The van der Waals surface area contributed by atoms with Crippen molar-refractivity contribution < 1.29 is 18.7 Å². The van der Waals surface area contributed by atoms with Gasteiger partial charge in [-0.25, -0.2) is 13.6 Å². The summed E-state index contributed by atoms with van der Waals surface area (Å²) in [5.41, 5.74) is -2.17. The van der Waals surface area contributed by atoms with E-state index in [1.165, 1.54) is 20.8 Å². The monoisotopic (exact) mass is 254 g/mol. The fraction of sp³-hybridized carbons (Fsp3) is 0.333. The van der Waals surface area contributed by atoms with Crippen LogP contribution in [-0.4, -0.2) is 16.7 Å². The number of carbonyl (C=O) groups is 1. The summed E-state index contributed by atoms with van der Waals surface area (Å²) in [7, 11) is 0. The number of hydrogen-bond acceptors (Lipinski definition) is 2. The van der Waals surface area contributed by atoms with Gasteiger partial charge in [-0.2, -0.15) is 5.26 Å². The molecule has 0 fully saturated rings. The van der Waals surface area contributed by atoms with Crippen molar-refractivity contribution in [2.24, 2.45) is 0 Å². The number of anilines is 1. The first-order valence-corrected chi connectivity index (χ1v) is 5.11. The van der Waals surface area contributed by atoms with E-state index in [-0.39, 0.29) is 0 Å². The lowest BCUT2D eigenvalue weighted by Crippen LogP contribution is -2.46. The zero-order chi connectivity index (χ0) is 14.1. The summed E-state index contributed by atoms with van der Waals surface area (Å²) >= 11 is 0. The molecular formula is C12H12F2N2O2. The zero-order valence-electron chi connectivity index (χ0n) is 10.2. The van der Waals surface area contributed by atoms with Crippen LogP contribution >= 0.6 is 0 Å². The number of halogens is 2. The van der Waals surface area contributed by atoms with Crippen molar-refractivity contribution in [2.75, 3.05) is 4.90 Å². The molecule has 0 radical (unpaired) electrons. The molecule has 0 atom stereocenters. The highest BCUT2D eigenvalue weighted by Crippen LogP contribution is 2.31. The van der Waals surface area contributed by atoms with E-state index >= 15 is 0 Å². The normalized spacial score (nSPS) is 10.9. The molecule has 6 heteroatoms. The van der Waals surface area contributed by atoms with Crippen LogP contribution < -0.4 is 4.90 Å². The van der Waals surface area contributed by atoms with Crippen molar-refractivity contribution in [3.63, 3.8) is 0 Å². The van der Waals surface area contributed by atoms with Crippen LogP contribution in [0.25, 0.3) is 0 Å². The third-order valence-corrected chi connectivity index (χ3v) is 2.27. The van der Waals surface area contributed by atoms with Gasteiger partial charge < -0.3 is 5.11 Å². The quantitative estimate of drug-likeness (QED) is 0.837. The van der Waals surface area contributed by atoms with Gasteiger partial charge >= 0.3 is 6.09 Å². The van der Waals surface area contributed by atoms with Crippen molar-refractivity contribution in [1.82, 2.24) is 0 Å². The van der Waals surface area contributed by atoms with Crippen molar-refractivity contribution in [2.45, 2.75) is 26.3 Å². The lowest BCUT2D eigenvalue weighted by Gasteiger charge is -2.33. The van der Waals surface area contributed by atoms with Gasteiger partial charge in [-0.05, 0) is 32.9 Å². The zero-order valence-corrected chi connectivity index (χ0v) is 10.2. The second-order valence-corrected chi connectivity index (χ2v) is 4.66. The van der Waals surface area contributed by atoms with Gasteiger partial charge in [0.15, 0.2) is 5.82 Å². The molecule has 0 heterocycles. The molecule has 0 saturated heterocycles. The molecular weight excluding hydrogens is 242 g/mol. The minimum absolute atomic E-state index is 0.401. The molecule has 1 amide bonds. The van der Waals surface area contributed by atoms with Gasteiger partial charge in [0.1, 0.15) is 17.6 Å². The Bertz CT molecular complexity index is 530. The molecule has 0 unspecified atom stereocenters. The Morgan fingerprint density at radius 3 is 2.33 bits per heavy atom. The summed E-state index contributed by atoms with van der Waals surface area (Å²) in [5.74, 6) is -2.20. The Hall–Kier alpha value is -2.16. The molecule has 1 aromatic carbocycles. The van der Waals surface area contributed by atoms with Crippen LogP contribution in [0.1, 0.15) is 26.3 Å². The predicted molar refractivity (Wildman–Crippen MR) is 61.3 cm³/mol. The summed E-state index contributed by atoms with van der Waals surface area (Å²) in [6.45, 7) is 4.50. The number of benzene rings is 1. The van der Waals surface area contributed by atoms with Gasteiger partial charge in [0.2, 0.25) is 0 Å². The Kier molecular flexibility index (Phi) is 3.56. The molecule has 1 N–H and O–H groups in total. The number of rotatable bonds is 1. The first-order valence-electron chi connectivity index (χ1n) is 5.11. The first kappa shape index (κ1) is 13.9. The molecule has 4 nitrogen and oxygen atoms in total. The maximum atomic E-state index is 13.9. The molecule has 0 spiro atoms. The second-order valence-electron chi connectivity index (χ2n) is 4.66. The second kappa shape index (κ2) is 4.61. The van der Waals surface area contributed by atoms with Crippen LogP contribution in [0.2, 0.25) is 0 Å². The van der Waals surface area contributed by atoms with Gasteiger partial charge in [-0.15, -0.1) is 0 Å². The first-order chi connectivity index (χ1) is 8.20. The molecule has 1 aromatic rings. The van der Waals surface area contributed by atoms with E-state index in [2.05, 4.69) is 0 Å². The average molecular weight is 254 g/mol. The average Bonchev–Trinajstić information content (AvgIpc) is 2.21. The van der Waals surface area contributed by atoms with Crippen LogP contribution in [0.4, 0.5) is 19.3 Å². The highest BCUT2D eigenvalue weighted by Gasteiger charge is 2.33. The number of amides is 1. The van der Waals surface area contributed by atoms with Gasteiger partial charge in [-0.1, -0.05) is 0 Å². The Balaban J connectivity index is 3.57. The van der Waals surface area contributed by atoms with E-state index in [4.69, 9.17) is 10.4 Å². The van der Waals surface area contributed by atoms with Crippen LogP contribution in [0, 0.1) is 23.0 Å². The largest absolute Gasteiger partial charge is 0.465 e. The van der Waals surface area contributed by atoms with E-state index < -0.39 is 34.5 Å². The van der Waals surface area contributed by atoms with Crippen LogP contribution in [0.15, 0.2) is 12.1 Å². The number of hydrogen-bond donors (Lipinski definition) is 1. The minimum Gasteiger partial charge on any atom is -0.465 e. The van der Waals surface area contributed by atoms with Crippen molar-refractivity contribution in [1.29, 1.82) is 5.26 Å². The Morgan fingerprint density at radius 1 is 1.39 bits per heavy atom. The molecule has 0 aliphatic heterocycles. The van der Waals surface area contributed by atoms with Gasteiger partial charge in [0, 0.05) is 5.54 Å². The smallest absolute Gasteiger partial charge is 0.412 e. The molecule has 96 valence electrons. The number of nitrogens with zero attached hydrogens (tertiary/aromatic N) is 2. The maximum Gasteiger partial charge on any atom is 0.412 e. The van der Waals surface area contributed by atoms with E-state index in [1.807, 2.05) is 0 Å². The van der Waals surface area contributed by atoms with Crippen molar-refractivity contribution in [3.05, 3.63) is 29.3 Å². The third kappa shape index (κ3) is 2.40. The SMILES string of the molecule is CC(C)(C)N(C(=O)O)c1c(F)ccc(C#N)c1F. The number of nitriles is 1. The molecule has 0 aliphatic rings. The standard InChI is InChI=1S/C12H12F2N2O2/c1-12(2,3)16(11(17)18)10-8(13)5-4-7(6-15)9(10)14/h4-5H,1-3H3,(H,17,18). The predicted octanol–water partition coefficient (Wildman–Crippen LogP) is 3.12. The molecule has 18 heavy (non-hydrogen) atoms. The van der Waals surface area contributed by atoms with Crippen LogP contribution in [0.3, 0.4) is 0 Å². The summed E-state index contributed by atoms with van der Waals surface area (Å²) in [6.07, 6.45) is -1.49. The van der Waals surface area contributed by atoms with E-state index in [0.29, 0.717) is 4.90 Å². The number of carboxylic acid groups (broad SMARTS) is 1. The lowest BCUT2D eigenvalue weighted by atomic mass is 10.0. The molecule has 0 aromatic heterocycles. The van der Waals surface area contributed by atoms with Crippen molar-refractivity contribution >= 4 is 11.8 Å². The van der Waals surface area contributed by atoms with E-state index in [9.17, 15) is 13.6 Å². The minimum atomic E-state index is -1.49. The fourth-order valence-electron chi connectivity index (χ4n) is 1.55. The van der Waals surface area contributed by atoms with E-state index in [0.717, 1.165) is 12.1 Å². The van der Waals surface area contributed by atoms with Crippen LogP contribution in [-0.2, 0) is 0 Å². The maximum absolute atomic E-state index is 13.9. The highest BCUT2D eigenvalue weighted by atomic mass is 19.1. The molecule has 1 rings (SSSR count). The van der Waals surface area contributed by atoms with Gasteiger partial charge in [-0.3, -0.25) is 4.90 Å². The summed E-state index contributed by atoms with van der Waals surface area (Å²) in [6, 6.07) is 3.39. The summed E-state index contributed by atoms with van der Waals surface area (Å²) in [5, 5.41) is 17.8. The van der Waals surface area contributed by atoms with Crippen molar-refractivity contribution in [3.8, 4) is 6.07 Å². The Labute approximate surface area is 103 Å². The molecule has 0 saturated carbocycles. The van der Waals surface area contributed by atoms with Crippen LogP contribution in [0.5, 0.6) is 0 Å². The molecule has 0 aliphatic carbocycles.